The molecular formula is C18H23NO4. The predicted octanol–water partition coefficient (Wildman–Crippen LogP) is 2.58. The second kappa shape index (κ2) is 8.36. The molecule has 0 spiro atoms. The van der Waals surface area contributed by atoms with Crippen LogP contribution < -0.4 is 4.90 Å². The summed E-state index contributed by atoms with van der Waals surface area (Å²) in [5, 5.41) is 0. The van der Waals surface area contributed by atoms with Crippen molar-refractivity contribution in [3.05, 3.63) is 34.9 Å². The number of nitrogens with zero attached hydrogens (tertiary/aromatic N) is 1. The fraction of sp³-hybridized carbons (Fsp3) is 0.444. The summed E-state index contributed by atoms with van der Waals surface area (Å²) in [5.41, 5.74) is 4.13. The van der Waals surface area contributed by atoms with Crippen molar-refractivity contribution in [1.82, 2.24) is 0 Å². The van der Waals surface area contributed by atoms with Gasteiger partial charge in [-0.25, -0.2) is 4.79 Å². The predicted molar refractivity (Wildman–Crippen MR) is 89.3 cm³/mol. The van der Waals surface area contributed by atoms with Gasteiger partial charge in [-0.05, 0) is 56.0 Å². The molecule has 1 aromatic carbocycles. The van der Waals surface area contributed by atoms with Gasteiger partial charge in [0.15, 0.2) is 0 Å². The van der Waals surface area contributed by atoms with Crippen LogP contribution in [-0.2, 0) is 25.5 Å². The number of esters is 1. The third-order valence-electron chi connectivity index (χ3n) is 3.83. The van der Waals surface area contributed by atoms with Crippen molar-refractivity contribution >= 4 is 24.2 Å². The Bertz CT molecular complexity index is 595. The first kappa shape index (κ1) is 17.1. The van der Waals surface area contributed by atoms with Crippen LogP contribution in [0, 0.1) is 0 Å². The van der Waals surface area contributed by atoms with Gasteiger partial charge in [-0.2, -0.15) is 0 Å². The van der Waals surface area contributed by atoms with Crippen LogP contribution in [0.2, 0.25) is 0 Å². The number of carbonyl (C=O) groups excluding carboxylic acids is 2. The van der Waals surface area contributed by atoms with Crippen molar-refractivity contribution in [3.63, 3.8) is 0 Å². The normalized spacial score (nSPS) is 13.7. The van der Waals surface area contributed by atoms with E-state index in [1.165, 1.54) is 11.3 Å². The third kappa shape index (κ3) is 4.58. The lowest BCUT2D eigenvalue weighted by Crippen LogP contribution is -2.22. The van der Waals surface area contributed by atoms with E-state index in [9.17, 15) is 9.59 Å². The van der Waals surface area contributed by atoms with E-state index in [0.29, 0.717) is 25.3 Å². The van der Waals surface area contributed by atoms with Crippen LogP contribution >= 0.6 is 0 Å². The molecule has 2 rings (SSSR count). The van der Waals surface area contributed by atoms with E-state index in [4.69, 9.17) is 9.47 Å². The molecule has 0 amide bonds. The fourth-order valence-corrected chi connectivity index (χ4v) is 2.75. The summed E-state index contributed by atoms with van der Waals surface area (Å²) in [4.78, 5) is 24.1. The van der Waals surface area contributed by atoms with E-state index in [0.717, 1.165) is 31.5 Å². The Balaban J connectivity index is 2.02. The zero-order valence-corrected chi connectivity index (χ0v) is 13.7. The number of hydrogen-bond acceptors (Lipinski definition) is 5. The molecular weight excluding hydrogens is 294 g/mol. The Morgan fingerprint density at radius 3 is 2.96 bits per heavy atom. The van der Waals surface area contributed by atoms with Crippen LogP contribution in [0.4, 0.5) is 5.69 Å². The molecule has 0 aliphatic carbocycles. The van der Waals surface area contributed by atoms with Crippen LogP contribution in [0.25, 0.3) is 6.08 Å². The van der Waals surface area contributed by atoms with Gasteiger partial charge in [0.25, 0.3) is 6.47 Å². The lowest BCUT2D eigenvalue weighted by Gasteiger charge is -2.19. The summed E-state index contributed by atoms with van der Waals surface area (Å²) in [7, 11) is 0. The molecule has 0 atom stereocenters. The van der Waals surface area contributed by atoms with Gasteiger partial charge in [0.1, 0.15) is 0 Å². The van der Waals surface area contributed by atoms with Crippen molar-refractivity contribution in [2.24, 2.45) is 0 Å². The van der Waals surface area contributed by atoms with Gasteiger partial charge in [0.05, 0.1) is 13.2 Å². The highest BCUT2D eigenvalue weighted by molar-refractivity contribution is 5.93. The Hall–Kier alpha value is -2.30. The maximum atomic E-state index is 11.7. The molecule has 124 valence electrons. The lowest BCUT2D eigenvalue weighted by molar-refractivity contribution is -0.138. The first-order valence-corrected chi connectivity index (χ1v) is 7.94. The number of fused-ring (bicyclic) bond motifs is 1. The molecule has 1 heterocycles. The maximum Gasteiger partial charge on any atom is 0.333 e. The van der Waals surface area contributed by atoms with Gasteiger partial charge in [0, 0.05) is 24.4 Å². The first-order chi connectivity index (χ1) is 11.2. The molecule has 1 aromatic rings. The van der Waals surface area contributed by atoms with Crippen molar-refractivity contribution in [1.29, 1.82) is 0 Å². The molecule has 5 heteroatoms. The second-order valence-corrected chi connectivity index (χ2v) is 5.49. The number of hydrogen-bond donors (Lipinski definition) is 0. The monoisotopic (exact) mass is 317 g/mol. The molecule has 1 aliphatic heterocycles. The molecule has 0 radical (unpaired) electrons. The standard InChI is InChI=1S/C18H23NO4/c1-3-23-18(21)14(2)11-15-5-6-17-16(12-15)7-9-19(17)8-4-10-22-13-20/h5-6,11-13H,3-4,7-10H2,1-2H3/b14-11+. The van der Waals surface area contributed by atoms with Crippen molar-refractivity contribution in [2.75, 3.05) is 31.2 Å². The van der Waals surface area contributed by atoms with Crippen LogP contribution in [0.1, 0.15) is 31.4 Å². The summed E-state index contributed by atoms with van der Waals surface area (Å²) in [6.45, 7) is 6.74. The average molecular weight is 317 g/mol. The summed E-state index contributed by atoms with van der Waals surface area (Å²) >= 11 is 0. The fourth-order valence-electron chi connectivity index (χ4n) is 2.75. The molecule has 0 saturated carbocycles. The minimum atomic E-state index is -0.273. The van der Waals surface area contributed by atoms with Crippen molar-refractivity contribution < 1.29 is 19.1 Å². The number of rotatable bonds is 8. The van der Waals surface area contributed by atoms with E-state index in [1.54, 1.807) is 13.8 Å². The summed E-state index contributed by atoms with van der Waals surface area (Å²) in [5.74, 6) is -0.273. The van der Waals surface area contributed by atoms with E-state index in [-0.39, 0.29) is 5.97 Å². The second-order valence-electron chi connectivity index (χ2n) is 5.49. The van der Waals surface area contributed by atoms with Gasteiger partial charge < -0.3 is 14.4 Å². The highest BCUT2D eigenvalue weighted by Crippen LogP contribution is 2.29. The summed E-state index contributed by atoms with van der Waals surface area (Å²) < 4.78 is 9.73. The molecule has 5 nitrogen and oxygen atoms in total. The zero-order valence-electron chi connectivity index (χ0n) is 13.7. The quantitative estimate of drug-likeness (QED) is 0.319. The first-order valence-electron chi connectivity index (χ1n) is 7.94. The molecule has 0 bridgehead atoms. The number of ether oxygens (including phenoxy) is 2. The van der Waals surface area contributed by atoms with Crippen LogP contribution in [0.15, 0.2) is 23.8 Å². The topological polar surface area (TPSA) is 55.8 Å². The van der Waals surface area contributed by atoms with Crippen LogP contribution in [0.3, 0.4) is 0 Å². The summed E-state index contributed by atoms with van der Waals surface area (Å²) in [6, 6.07) is 6.23. The van der Waals surface area contributed by atoms with Gasteiger partial charge in [-0.1, -0.05) is 6.07 Å². The van der Waals surface area contributed by atoms with Gasteiger partial charge in [-0.3, -0.25) is 4.79 Å². The Kier molecular flexibility index (Phi) is 6.20. The van der Waals surface area contributed by atoms with E-state index < -0.39 is 0 Å². The summed E-state index contributed by atoms with van der Waals surface area (Å²) in [6.07, 6.45) is 3.67. The van der Waals surface area contributed by atoms with Crippen LogP contribution in [-0.4, -0.2) is 38.7 Å². The van der Waals surface area contributed by atoms with E-state index in [2.05, 4.69) is 17.0 Å². The van der Waals surface area contributed by atoms with Gasteiger partial charge in [0.2, 0.25) is 0 Å². The Labute approximate surface area is 136 Å². The molecule has 0 aromatic heterocycles. The van der Waals surface area contributed by atoms with Crippen LogP contribution in [0.5, 0.6) is 0 Å². The van der Waals surface area contributed by atoms with Gasteiger partial charge >= 0.3 is 5.97 Å². The highest BCUT2D eigenvalue weighted by atomic mass is 16.5. The SMILES string of the molecule is CCOC(=O)/C(C)=C/c1ccc2c(c1)CCN2CCCOC=O. The Morgan fingerprint density at radius 2 is 2.22 bits per heavy atom. The van der Waals surface area contributed by atoms with Gasteiger partial charge in [-0.15, -0.1) is 0 Å². The molecule has 0 saturated heterocycles. The number of benzene rings is 1. The van der Waals surface area contributed by atoms with Crippen molar-refractivity contribution in [3.8, 4) is 0 Å². The van der Waals surface area contributed by atoms with E-state index in [1.807, 2.05) is 12.1 Å². The minimum absolute atomic E-state index is 0.273. The molecule has 0 fully saturated rings. The maximum absolute atomic E-state index is 11.7. The molecule has 0 unspecified atom stereocenters. The van der Waals surface area contributed by atoms with Crippen molar-refractivity contribution in [2.45, 2.75) is 26.7 Å². The zero-order chi connectivity index (χ0) is 16.7. The lowest BCUT2D eigenvalue weighted by atomic mass is 10.1. The smallest absolute Gasteiger partial charge is 0.333 e. The number of anilines is 1. The molecule has 1 aliphatic rings. The van der Waals surface area contributed by atoms with E-state index >= 15 is 0 Å². The largest absolute Gasteiger partial charge is 0.468 e. The third-order valence-corrected chi connectivity index (χ3v) is 3.83. The number of carbonyl (C=O) groups is 2. The molecule has 0 N–H and O–H groups in total. The Morgan fingerprint density at radius 1 is 1.39 bits per heavy atom. The average Bonchev–Trinajstić information content (AvgIpc) is 2.94. The highest BCUT2D eigenvalue weighted by Gasteiger charge is 2.18. The molecule has 23 heavy (non-hydrogen) atoms. The minimum Gasteiger partial charge on any atom is -0.468 e.